The second-order valence-corrected chi connectivity index (χ2v) is 6.28. The third-order valence-electron chi connectivity index (χ3n) is 4.53. The minimum absolute atomic E-state index is 0.364. The Labute approximate surface area is 148 Å². The molecule has 1 aliphatic rings. The van der Waals surface area contributed by atoms with E-state index in [-0.39, 0.29) is 5.91 Å². The minimum atomic E-state index is -0.488. The van der Waals surface area contributed by atoms with Crippen molar-refractivity contribution in [1.29, 1.82) is 0 Å². The molecule has 0 bridgehead atoms. The molecule has 3 N–H and O–H groups in total. The molecule has 1 saturated heterocycles. The fraction of sp³-hybridized carbons (Fsp3) is 0.350. The number of benzene rings is 2. The van der Waals surface area contributed by atoms with Crippen LogP contribution in [0.15, 0.2) is 54.6 Å². The number of morpholine rings is 1. The summed E-state index contributed by atoms with van der Waals surface area (Å²) in [4.78, 5) is 14.3. The first kappa shape index (κ1) is 17.6. The molecule has 1 heterocycles. The number of nitrogens with two attached hydrogens (primary N) is 1. The molecule has 3 rings (SSSR count). The number of hydrogen-bond donors (Lipinski definition) is 2. The molecule has 1 unspecified atom stereocenters. The fourth-order valence-corrected chi connectivity index (χ4v) is 3.12. The Morgan fingerprint density at radius 1 is 1.04 bits per heavy atom. The lowest BCUT2D eigenvalue weighted by Crippen LogP contribution is -2.36. The summed E-state index contributed by atoms with van der Waals surface area (Å²) in [5.41, 5.74) is 8.95. The summed E-state index contributed by atoms with van der Waals surface area (Å²) in [6, 6.07) is 17.4. The van der Waals surface area contributed by atoms with E-state index in [1.807, 2.05) is 36.4 Å². The first-order chi connectivity index (χ1) is 12.2. The van der Waals surface area contributed by atoms with Gasteiger partial charge in [-0.3, -0.25) is 15.0 Å². The standard InChI is InChI=1S/C20H25N3O2/c21-20(24)19(16-6-2-1-3-7-16)22-14-17-8-4-5-9-18(17)15-23-10-12-25-13-11-23/h1-9,19,22H,10-15H2,(H2,21,24). The van der Waals surface area contributed by atoms with Crippen LogP contribution in [0, 0.1) is 0 Å². The minimum Gasteiger partial charge on any atom is -0.379 e. The molecule has 0 spiro atoms. The second-order valence-electron chi connectivity index (χ2n) is 6.28. The van der Waals surface area contributed by atoms with E-state index in [1.165, 1.54) is 11.1 Å². The van der Waals surface area contributed by atoms with Crippen molar-refractivity contribution in [2.24, 2.45) is 5.73 Å². The highest BCUT2D eigenvalue weighted by atomic mass is 16.5. The zero-order chi connectivity index (χ0) is 17.5. The molecule has 0 radical (unpaired) electrons. The topological polar surface area (TPSA) is 67.6 Å². The van der Waals surface area contributed by atoms with E-state index in [0.717, 1.165) is 38.4 Å². The maximum atomic E-state index is 11.9. The molecule has 1 atom stereocenters. The number of rotatable bonds is 7. The van der Waals surface area contributed by atoms with Crippen LogP contribution in [-0.4, -0.2) is 37.1 Å². The Hall–Kier alpha value is -2.21. The van der Waals surface area contributed by atoms with Gasteiger partial charge in [-0.15, -0.1) is 0 Å². The highest BCUT2D eigenvalue weighted by molar-refractivity contribution is 5.81. The third-order valence-corrected chi connectivity index (χ3v) is 4.53. The Balaban J connectivity index is 1.68. The van der Waals surface area contributed by atoms with Gasteiger partial charge in [0.2, 0.25) is 5.91 Å². The summed E-state index contributed by atoms with van der Waals surface area (Å²) >= 11 is 0. The van der Waals surface area contributed by atoms with E-state index < -0.39 is 6.04 Å². The van der Waals surface area contributed by atoms with Gasteiger partial charge in [-0.25, -0.2) is 0 Å². The van der Waals surface area contributed by atoms with E-state index in [9.17, 15) is 4.79 Å². The average molecular weight is 339 g/mol. The number of ether oxygens (including phenoxy) is 1. The van der Waals surface area contributed by atoms with E-state index in [0.29, 0.717) is 6.54 Å². The molecular weight excluding hydrogens is 314 g/mol. The molecule has 0 aliphatic carbocycles. The number of hydrogen-bond acceptors (Lipinski definition) is 4. The molecule has 1 aliphatic heterocycles. The van der Waals surface area contributed by atoms with Gasteiger partial charge in [0.25, 0.3) is 0 Å². The highest BCUT2D eigenvalue weighted by Gasteiger charge is 2.18. The summed E-state index contributed by atoms with van der Waals surface area (Å²) in [6.45, 7) is 4.98. The number of carbonyl (C=O) groups excluding carboxylic acids is 1. The third kappa shape index (κ3) is 4.89. The Morgan fingerprint density at radius 3 is 2.36 bits per heavy atom. The summed E-state index contributed by atoms with van der Waals surface area (Å²) in [5, 5.41) is 3.31. The summed E-state index contributed by atoms with van der Waals surface area (Å²) < 4.78 is 5.42. The van der Waals surface area contributed by atoms with Crippen LogP contribution in [0.2, 0.25) is 0 Å². The lowest BCUT2D eigenvalue weighted by atomic mass is 10.0. The van der Waals surface area contributed by atoms with Crippen LogP contribution in [0.3, 0.4) is 0 Å². The van der Waals surface area contributed by atoms with Crippen molar-refractivity contribution in [3.63, 3.8) is 0 Å². The predicted molar refractivity (Wildman–Crippen MR) is 97.8 cm³/mol. The molecule has 1 amide bonds. The van der Waals surface area contributed by atoms with Crippen LogP contribution >= 0.6 is 0 Å². The molecule has 5 nitrogen and oxygen atoms in total. The van der Waals surface area contributed by atoms with E-state index in [1.54, 1.807) is 0 Å². The maximum Gasteiger partial charge on any atom is 0.239 e. The Kier molecular flexibility index (Phi) is 6.17. The molecular formula is C20H25N3O2. The number of primary amides is 1. The summed E-state index contributed by atoms with van der Waals surface area (Å²) in [6.07, 6.45) is 0. The van der Waals surface area contributed by atoms with Crippen molar-refractivity contribution in [3.05, 3.63) is 71.3 Å². The van der Waals surface area contributed by atoms with Crippen molar-refractivity contribution < 1.29 is 9.53 Å². The van der Waals surface area contributed by atoms with Gasteiger partial charge in [0.1, 0.15) is 6.04 Å². The van der Waals surface area contributed by atoms with Gasteiger partial charge in [0.05, 0.1) is 13.2 Å². The molecule has 2 aromatic rings. The van der Waals surface area contributed by atoms with Crippen LogP contribution in [0.1, 0.15) is 22.7 Å². The molecule has 2 aromatic carbocycles. The molecule has 0 aromatic heterocycles. The van der Waals surface area contributed by atoms with Gasteiger partial charge in [-0.1, -0.05) is 54.6 Å². The highest BCUT2D eigenvalue weighted by Crippen LogP contribution is 2.16. The van der Waals surface area contributed by atoms with Gasteiger partial charge in [0, 0.05) is 26.2 Å². The van der Waals surface area contributed by atoms with Crippen molar-refractivity contribution in [2.45, 2.75) is 19.1 Å². The molecule has 25 heavy (non-hydrogen) atoms. The number of carbonyl (C=O) groups is 1. The SMILES string of the molecule is NC(=O)C(NCc1ccccc1CN1CCOCC1)c1ccccc1. The Bertz CT molecular complexity index is 684. The van der Waals surface area contributed by atoms with Gasteiger partial charge in [-0.05, 0) is 16.7 Å². The van der Waals surface area contributed by atoms with Crippen LogP contribution in [0.5, 0.6) is 0 Å². The van der Waals surface area contributed by atoms with Gasteiger partial charge >= 0.3 is 0 Å². The van der Waals surface area contributed by atoms with Crippen molar-refractivity contribution in [1.82, 2.24) is 10.2 Å². The molecule has 0 saturated carbocycles. The second kappa shape index (κ2) is 8.76. The van der Waals surface area contributed by atoms with Crippen LogP contribution in [0.4, 0.5) is 0 Å². The summed E-state index contributed by atoms with van der Waals surface area (Å²) in [5.74, 6) is -0.364. The lowest BCUT2D eigenvalue weighted by Gasteiger charge is -2.27. The lowest BCUT2D eigenvalue weighted by molar-refractivity contribution is -0.120. The molecule has 132 valence electrons. The zero-order valence-corrected chi connectivity index (χ0v) is 14.4. The molecule has 1 fully saturated rings. The van der Waals surface area contributed by atoms with E-state index in [4.69, 9.17) is 10.5 Å². The number of amides is 1. The fourth-order valence-electron chi connectivity index (χ4n) is 3.12. The summed E-state index contributed by atoms with van der Waals surface area (Å²) in [7, 11) is 0. The van der Waals surface area contributed by atoms with Crippen LogP contribution < -0.4 is 11.1 Å². The quantitative estimate of drug-likeness (QED) is 0.808. The van der Waals surface area contributed by atoms with Crippen LogP contribution in [0.25, 0.3) is 0 Å². The van der Waals surface area contributed by atoms with Crippen molar-refractivity contribution in [2.75, 3.05) is 26.3 Å². The van der Waals surface area contributed by atoms with E-state index in [2.05, 4.69) is 28.4 Å². The normalized spacial score (nSPS) is 16.5. The van der Waals surface area contributed by atoms with Gasteiger partial charge in [-0.2, -0.15) is 0 Å². The zero-order valence-electron chi connectivity index (χ0n) is 14.4. The van der Waals surface area contributed by atoms with Crippen LogP contribution in [-0.2, 0) is 22.6 Å². The van der Waals surface area contributed by atoms with Crippen molar-refractivity contribution >= 4 is 5.91 Å². The Morgan fingerprint density at radius 2 is 1.68 bits per heavy atom. The first-order valence-corrected chi connectivity index (χ1v) is 8.68. The number of nitrogens with one attached hydrogen (secondary N) is 1. The number of nitrogens with zero attached hydrogens (tertiary/aromatic N) is 1. The van der Waals surface area contributed by atoms with Gasteiger partial charge in [0.15, 0.2) is 0 Å². The van der Waals surface area contributed by atoms with Gasteiger partial charge < -0.3 is 10.5 Å². The van der Waals surface area contributed by atoms with E-state index >= 15 is 0 Å². The largest absolute Gasteiger partial charge is 0.379 e. The first-order valence-electron chi connectivity index (χ1n) is 8.68. The average Bonchev–Trinajstić information content (AvgIpc) is 2.65. The smallest absolute Gasteiger partial charge is 0.239 e. The van der Waals surface area contributed by atoms with Crippen molar-refractivity contribution in [3.8, 4) is 0 Å². The predicted octanol–water partition coefficient (Wildman–Crippen LogP) is 1.83. The monoisotopic (exact) mass is 339 g/mol. The molecule has 5 heteroatoms. The maximum absolute atomic E-state index is 11.9.